The van der Waals surface area contributed by atoms with Crippen molar-refractivity contribution in [2.24, 2.45) is 28.9 Å². The predicted octanol–water partition coefficient (Wildman–Crippen LogP) is -7.86. The van der Waals surface area contributed by atoms with Gasteiger partial charge in [-0.1, -0.05) is 20.3 Å². The maximum Gasteiger partial charge on any atom is 0.404 e. The quantitative estimate of drug-likeness (QED) is 0.0145. The predicted molar refractivity (Wildman–Crippen MR) is 374 cm³/mol. The van der Waals surface area contributed by atoms with Crippen LogP contribution in [0.4, 0.5) is 10.6 Å². The number of aromatic nitrogens is 6. The van der Waals surface area contributed by atoms with E-state index in [1.165, 1.54) is 50.4 Å². The molecule has 0 saturated carbocycles. The fourth-order valence-corrected chi connectivity index (χ4v) is 12.2. The maximum atomic E-state index is 15.2. The molecule has 107 heavy (non-hydrogen) atoms. The van der Waals surface area contributed by atoms with Crippen molar-refractivity contribution < 1.29 is 120 Å². The molecule has 8 amide bonds. The molecule has 0 bridgehead atoms. The normalized spacial score (nSPS) is 22.7. The van der Waals surface area contributed by atoms with Gasteiger partial charge in [0.25, 0.3) is 11.8 Å². The van der Waals surface area contributed by atoms with Crippen molar-refractivity contribution in [1.82, 2.24) is 72.4 Å². The van der Waals surface area contributed by atoms with Crippen LogP contribution in [0.2, 0.25) is 0 Å². The molecule has 4 aromatic rings. The summed E-state index contributed by atoms with van der Waals surface area (Å²) in [6, 6.07) is -7.86. The first-order chi connectivity index (χ1) is 50.5. The summed E-state index contributed by atoms with van der Waals surface area (Å²) < 4.78 is 60.4. The third kappa shape index (κ3) is 27.6. The number of anilines is 1. The first-order valence-corrected chi connectivity index (χ1v) is 36.7. The highest BCUT2D eigenvalue weighted by atomic mass is 32.3. The number of primary amides is 3. The number of carbonyl (C=O) groups is 8. The van der Waals surface area contributed by atoms with E-state index in [1.54, 1.807) is 10.8 Å². The van der Waals surface area contributed by atoms with Gasteiger partial charge in [-0.2, -0.15) is 8.42 Å². The summed E-state index contributed by atoms with van der Waals surface area (Å²) in [5.41, 5.74) is 28.1. The van der Waals surface area contributed by atoms with Crippen molar-refractivity contribution in [1.29, 1.82) is 0 Å². The zero-order valence-electron chi connectivity index (χ0n) is 58.8. The third-order valence-corrected chi connectivity index (χ3v) is 18.3. The van der Waals surface area contributed by atoms with E-state index in [0.29, 0.717) is 22.3 Å². The lowest BCUT2D eigenvalue weighted by atomic mass is 9.96. The minimum atomic E-state index is -4.67. The van der Waals surface area contributed by atoms with Gasteiger partial charge >= 0.3 is 16.5 Å². The number of aromatic amines is 1. The topological polar surface area (TPSA) is 726 Å². The largest absolute Gasteiger partial charge is 0.441 e. The highest BCUT2D eigenvalue weighted by molar-refractivity contribution is 7.79. The Labute approximate surface area is 620 Å². The molecular weight excluding hydrogens is 1480 g/mol. The summed E-state index contributed by atoms with van der Waals surface area (Å²) in [7, 11) is -4.67. The minimum Gasteiger partial charge on any atom is -0.441 e. The molecule has 19 atom stereocenters. The summed E-state index contributed by atoms with van der Waals surface area (Å²) in [5, 5.41) is 115. The average Bonchev–Trinajstić information content (AvgIpc) is 1.13. The number of nitrogens with one attached hydrogen (secondary N) is 9. The van der Waals surface area contributed by atoms with Crippen LogP contribution in [-0.2, 0) is 64.5 Å². The molecule has 2 fully saturated rings. The molecule has 0 spiro atoms. The fourth-order valence-electron chi connectivity index (χ4n) is 10.5. The Kier molecular flexibility index (Phi) is 36.4. The second kappa shape index (κ2) is 43.4. The molecule has 2 saturated heterocycles. The number of carbonyl (C=O) groups excluding carboxylic acids is 8. The van der Waals surface area contributed by atoms with Crippen LogP contribution >= 0.6 is 22.7 Å². The van der Waals surface area contributed by atoms with Gasteiger partial charge in [-0.05, 0) is 66.2 Å². The number of nitrogens with zero attached hydrogens (tertiary/aromatic N) is 5. The number of nitrogen functional groups attached to an aromatic ring is 1. The molecular formula is C60H97N19O25S3. The van der Waals surface area contributed by atoms with Crippen molar-refractivity contribution in [3.63, 3.8) is 0 Å². The van der Waals surface area contributed by atoms with Gasteiger partial charge < -0.3 is 141 Å². The summed E-state index contributed by atoms with van der Waals surface area (Å²) in [4.78, 5) is 131. The molecule has 2 aliphatic rings. The van der Waals surface area contributed by atoms with Gasteiger partial charge in [0, 0.05) is 48.8 Å². The lowest BCUT2D eigenvalue weighted by Gasteiger charge is -2.47. The Morgan fingerprint density at radius 2 is 1.36 bits per heavy atom. The van der Waals surface area contributed by atoms with E-state index in [-0.39, 0.29) is 54.0 Å². The van der Waals surface area contributed by atoms with E-state index in [4.69, 9.17) is 69.9 Å². The molecule has 29 N–H and O–H groups in total. The number of aliphatic hydroxyl groups excluding tert-OH is 8. The number of hydrogen-bond donors (Lipinski definition) is 24. The minimum absolute atomic E-state index is 0.0112. The van der Waals surface area contributed by atoms with Gasteiger partial charge in [-0.3, -0.25) is 42.7 Å². The van der Waals surface area contributed by atoms with Crippen LogP contribution in [0.25, 0.3) is 10.7 Å². The van der Waals surface area contributed by atoms with Crippen LogP contribution in [0, 0.1) is 12.8 Å². The van der Waals surface area contributed by atoms with Crippen LogP contribution in [0.5, 0.6) is 0 Å². The van der Waals surface area contributed by atoms with E-state index in [9.17, 15) is 74.4 Å². The van der Waals surface area contributed by atoms with Gasteiger partial charge in [-0.15, -0.1) is 22.7 Å². The molecule has 2 aliphatic heterocycles. The van der Waals surface area contributed by atoms with E-state index in [1.807, 2.05) is 0 Å². The zero-order valence-corrected chi connectivity index (χ0v) is 61.3. The van der Waals surface area contributed by atoms with Crippen molar-refractivity contribution >= 4 is 86.3 Å². The summed E-state index contributed by atoms with van der Waals surface area (Å²) >= 11 is 2.52. The standard InChI is InChI=1S/C60H95N19O21S2.H2O4S/c1-6-7-11-66-12-8-13-67-14-9-15-69-53(91)32-22-102-57(75-32)33-23-101-37(74-33)10-16-70-54(92)39(28(5)82)77-52(90)26(3)41(84)27(4)73-56(94)40(78-55(93)38-25(2)49(63)79-51(76-38)30(17-36(62)83)71-18-29(61)50(64)89)46(31-19-68-24-72-31)98-59-48(44(87)42(85)34(20-80)97-59)99-58-45(88)47(100-60(65)95)43(86)35(21-81)96-58;1-5(2,3)4/h19,22-24,26-30,34-35,39-48,58-59,66-67,71,80-82,84-88H,6-18,20-21,61H2,1-5H3,(H2,62,83)(H2,64,89)(H2,65,95)(H,68,72)(H,69,91)(H,70,92)(H,73,94)(H,77,90)(H,78,93)(H2,63,76,79);(H2,1,2,3,4)/t26?,27-,28?,29+,30+,34?,35?,39?,40+,41-,42?,43?,44?,45?,46+,47?,48?,58?,59?;/m0./s1. The Hall–Kier alpha value is -7.86. The lowest BCUT2D eigenvalue weighted by molar-refractivity contribution is -0.372. The SMILES string of the molecule is CCCCNCCCNCCCNC(=O)c1csc(-c2csc(CCNC(=O)C(NC(=O)C(C)[C@H](O)[C@H](C)NC(=O)[C@H](NC(=O)c3nc([C@@H](CC(N)=O)NC[C@@H](N)C(N)=O)nc(N)c3C)[C@H](OC3OC(CO)C(O)C(O)C3OC3OC(CO)C(O)C(OC(N)=O)C3O)c3cnc[nH]3)C(C)O)n2)n1.O=S(=O)(O)O. The van der Waals surface area contributed by atoms with Crippen LogP contribution in [0.1, 0.15) is 115 Å². The molecule has 13 unspecified atom stereocenters. The van der Waals surface area contributed by atoms with Crippen LogP contribution < -0.4 is 71.2 Å². The number of ether oxygens (including phenoxy) is 5. The summed E-state index contributed by atoms with van der Waals surface area (Å²) in [6.07, 6.45) is -21.1. The van der Waals surface area contributed by atoms with Crippen molar-refractivity contribution in [2.45, 2.75) is 183 Å². The van der Waals surface area contributed by atoms with Crippen LogP contribution in [0.3, 0.4) is 0 Å². The Morgan fingerprint density at radius 3 is 1.96 bits per heavy atom. The molecule has 600 valence electrons. The van der Waals surface area contributed by atoms with Crippen molar-refractivity contribution in [2.75, 3.05) is 64.8 Å². The number of H-pyrrole nitrogens is 1. The number of imidazole rings is 1. The van der Waals surface area contributed by atoms with E-state index < -0.39 is 193 Å². The summed E-state index contributed by atoms with van der Waals surface area (Å²) in [5.74, 6) is -8.71. The molecule has 47 heteroatoms. The second-order valence-corrected chi connectivity index (χ2v) is 27.5. The Bertz CT molecular complexity index is 3640. The Balaban J connectivity index is 0.00000397. The first kappa shape index (κ1) is 89.8. The highest BCUT2D eigenvalue weighted by Gasteiger charge is 2.54. The third-order valence-electron chi connectivity index (χ3n) is 16.5. The molecule has 6 rings (SSSR count). The number of aliphatic hydroxyl groups is 8. The second-order valence-electron chi connectivity index (χ2n) is 24.8. The van der Waals surface area contributed by atoms with Gasteiger partial charge in [-0.25, -0.2) is 29.7 Å². The number of amides is 8. The number of rotatable bonds is 42. The number of nitrogens with two attached hydrogens (primary N) is 5. The monoisotopic (exact) mass is 1580 g/mol. The van der Waals surface area contributed by atoms with Crippen molar-refractivity contribution in [3.8, 4) is 10.7 Å². The first-order valence-electron chi connectivity index (χ1n) is 33.6. The number of hydrogen-bond acceptors (Lipinski definition) is 35. The lowest BCUT2D eigenvalue weighted by Crippen LogP contribution is -2.65. The molecule has 4 aromatic heterocycles. The smallest absolute Gasteiger partial charge is 0.404 e. The summed E-state index contributed by atoms with van der Waals surface area (Å²) in [6.45, 7) is 8.84. The maximum absolute atomic E-state index is 15.2. The van der Waals surface area contributed by atoms with E-state index >= 15 is 4.79 Å². The van der Waals surface area contributed by atoms with E-state index in [2.05, 4.69) is 79.4 Å². The molecule has 0 aliphatic carbocycles. The molecule has 44 nitrogen and oxygen atoms in total. The van der Waals surface area contributed by atoms with Crippen LogP contribution in [0.15, 0.2) is 23.3 Å². The van der Waals surface area contributed by atoms with Crippen LogP contribution in [-0.4, -0.2) is 293 Å². The zero-order chi connectivity index (χ0) is 79.6. The fraction of sp³-hybridized carbons (Fsp3) is 0.650. The molecule has 0 radical (unpaired) electrons. The van der Waals surface area contributed by atoms with Gasteiger partial charge in [0.05, 0.1) is 72.7 Å². The molecule has 0 aromatic carbocycles. The highest BCUT2D eigenvalue weighted by Crippen LogP contribution is 2.35. The number of unbranched alkanes of at least 4 members (excludes halogenated alkanes) is 1. The van der Waals surface area contributed by atoms with Gasteiger partial charge in [0.1, 0.15) is 94.6 Å². The van der Waals surface area contributed by atoms with E-state index in [0.717, 1.165) is 64.4 Å². The molecule has 6 heterocycles. The number of thiazole rings is 2. The van der Waals surface area contributed by atoms with Gasteiger partial charge in [0.2, 0.25) is 29.5 Å². The average molecular weight is 1580 g/mol. The Morgan fingerprint density at radius 1 is 0.729 bits per heavy atom. The van der Waals surface area contributed by atoms with Gasteiger partial charge in [0.15, 0.2) is 18.7 Å². The van der Waals surface area contributed by atoms with Crippen molar-refractivity contribution in [3.05, 3.63) is 56.8 Å².